The van der Waals surface area contributed by atoms with Gasteiger partial charge in [0, 0.05) is 24.4 Å². The van der Waals surface area contributed by atoms with Crippen molar-refractivity contribution in [2.24, 2.45) is 0 Å². The number of hydrogen-bond donors (Lipinski definition) is 2. The topological polar surface area (TPSA) is 93.6 Å². The van der Waals surface area contributed by atoms with Crippen molar-refractivity contribution in [3.05, 3.63) is 66.2 Å². The summed E-state index contributed by atoms with van der Waals surface area (Å²) in [6, 6.07) is 12.5. The fourth-order valence-electron chi connectivity index (χ4n) is 2.61. The van der Waals surface area contributed by atoms with Gasteiger partial charge in [0.2, 0.25) is 0 Å². The summed E-state index contributed by atoms with van der Waals surface area (Å²) in [5.41, 5.74) is 0.485. The second-order valence-corrected chi connectivity index (χ2v) is 6.90. The van der Waals surface area contributed by atoms with E-state index in [1.165, 1.54) is 42.8 Å². The molecule has 0 saturated heterocycles. The number of amides is 1. The highest BCUT2D eigenvalue weighted by Crippen LogP contribution is 2.33. The van der Waals surface area contributed by atoms with Crippen LogP contribution >= 0.6 is 11.3 Å². The quantitative estimate of drug-likeness (QED) is 0.499. The number of nitrogens with one attached hydrogen (secondary N) is 1. The lowest BCUT2D eigenvalue weighted by molar-refractivity contribution is 0.101. The van der Waals surface area contributed by atoms with Crippen molar-refractivity contribution in [3.8, 4) is 23.0 Å². The third-order valence-electron chi connectivity index (χ3n) is 3.93. The Morgan fingerprint density at radius 2 is 2.00 bits per heavy atom. The Balaban J connectivity index is 1.55. The Kier molecular flexibility index (Phi) is 4.96. The highest BCUT2D eigenvalue weighted by Gasteiger charge is 2.18. The molecule has 2 heterocycles. The number of ether oxygens (including phenoxy) is 2. The summed E-state index contributed by atoms with van der Waals surface area (Å²) < 4.78 is 24.7. The molecule has 2 N–H and O–H groups in total. The van der Waals surface area contributed by atoms with Gasteiger partial charge in [-0.25, -0.2) is 14.4 Å². The second-order valence-electron chi connectivity index (χ2n) is 5.87. The molecule has 2 aromatic heterocycles. The molecule has 1 amide bonds. The van der Waals surface area contributed by atoms with Crippen LogP contribution in [0.3, 0.4) is 0 Å². The molecular weight excluding hydrogens is 397 g/mol. The van der Waals surface area contributed by atoms with Crippen LogP contribution in [-0.2, 0) is 0 Å². The van der Waals surface area contributed by atoms with E-state index >= 15 is 0 Å². The van der Waals surface area contributed by atoms with Crippen molar-refractivity contribution in [1.82, 2.24) is 9.97 Å². The first-order valence-electron chi connectivity index (χ1n) is 8.41. The molecule has 146 valence electrons. The standard InChI is InChI=1S/C20H14FN3O4S/c1-27-15-7-8-22-17(18(15)25)19(26)24-20-23-14-6-5-13(10-16(14)29-20)28-12-4-2-3-11(21)9-12/h2-10,25H,1H3,(H,23,24,26). The first kappa shape index (κ1) is 18.6. The molecule has 0 aliphatic carbocycles. The van der Waals surface area contributed by atoms with E-state index in [0.29, 0.717) is 22.1 Å². The fourth-order valence-corrected chi connectivity index (χ4v) is 3.50. The summed E-state index contributed by atoms with van der Waals surface area (Å²) in [4.78, 5) is 20.7. The molecule has 0 aliphatic rings. The van der Waals surface area contributed by atoms with Crippen LogP contribution in [0.1, 0.15) is 10.5 Å². The average molecular weight is 411 g/mol. The number of hydrogen-bond acceptors (Lipinski definition) is 7. The maximum Gasteiger partial charge on any atom is 0.280 e. The van der Waals surface area contributed by atoms with Gasteiger partial charge in [-0.15, -0.1) is 0 Å². The number of aromatic hydroxyl groups is 1. The Bertz CT molecular complexity index is 1210. The van der Waals surface area contributed by atoms with Crippen molar-refractivity contribution in [2.75, 3.05) is 12.4 Å². The minimum Gasteiger partial charge on any atom is -0.503 e. The number of nitrogens with zero attached hydrogens (tertiary/aromatic N) is 2. The van der Waals surface area contributed by atoms with E-state index < -0.39 is 5.91 Å². The maximum absolute atomic E-state index is 13.3. The normalized spacial score (nSPS) is 10.7. The zero-order valence-electron chi connectivity index (χ0n) is 15.0. The summed E-state index contributed by atoms with van der Waals surface area (Å²) in [7, 11) is 1.38. The molecule has 9 heteroatoms. The van der Waals surface area contributed by atoms with E-state index in [9.17, 15) is 14.3 Å². The lowest BCUT2D eigenvalue weighted by Crippen LogP contribution is -2.13. The third-order valence-corrected chi connectivity index (χ3v) is 4.87. The summed E-state index contributed by atoms with van der Waals surface area (Å²) >= 11 is 1.23. The fraction of sp³-hybridized carbons (Fsp3) is 0.0500. The SMILES string of the molecule is COc1ccnc(C(=O)Nc2nc3ccc(Oc4cccc(F)c4)cc3s2)c1O. The average Bonchev–Trinajstić information content (AvgIpc) is 3.09. The van der Waals surface area contributed by atoms with Gasteiger partial charge in [-0.05, 0) is 24.3 Å². The van der Waals surface area contributed by atoms with E-state index in [2.05, 4.69) is 15.3 Å². The molecule has 0 bridgehead atoms. The predicted octanol–water partition coefficient (Wildman–Crippen LogP) is 4.59. The first-order chi connectivity index (χ1) is 14.0. The lowest BCUT2D eigenvalue weighted by Gasteiger charge is -2.06. The number of pyridine rings is 1. The van der Waals surface area contributed by atoms with Gasteiger partial charge in [0.1, 0.15) is 17.3 Å². The van der Waals surface area contributed by atoms with Crippen molar-refractivity contribution in [3.63, 3.8) is 0 Å². The largest absolute Gasteiger partial charge is 0.503 e. The van der Waals surface area contributed by atoms with Crippen molar-refractivity contribution >= 4 is 32.6 Å². The lowest BCUT2D eigenvalue weighted by atomic mass is 10.3. The number of benzene rings is 2. The second kappa shape index (κ2) is 7.72. The predicted molar refractivity (Wildman–Crippen MR) is 107 cm³/mol. The molecule has 4 aromatic rings. The zero-order valence-corrected chi connectivity index (χ0v) is 15.9. The van der Waals surface area contributed by atoms with Crippen molar-refractivity contribution in [1.29, 1.82) is 0 Å². The molecular formula is C20H14FN3O4S. The van der Waals surface area contributed by atoms with Gasteiger partial charge in [0.25, 0.3) is 5.91 Å². The number of anilines is 1. The van der Waals surface area contributed by atoms with Gasteiger partial charge in [-0.3, -0.25) is 10.1 Å². The van der Waals surface area contributed by atoms with Crippen LogP contribution in [0, 0.1) is 5.82 Å². The molecule has 0 spiro atoms. The van der Waals surface area contributed by atoms with E-state index in [1.54, 1.807) is 30.3 Å². The number of aromatic nitrogens is 2. The number of methoxy groups -OCH3 is 1. The molecule has 0 radical (unpaired) electrons. The van der Waals surface area contributed by atoms with E-state index in [1.807, 2.05) is 0 Å². The Morgan fingerprint density at radius 1 is 1.17 bits per heavy atom. The maximum atomic E-state index is 13.3. The molecule has 0 atom stereocenters. The summed E-state index contributed by atoms with van der Waals surface area (Å²) in [5, 5.41) is 13.0. The monoisotopic (exact) mass is 411 g/mol. The van der Waals surface area contributed by atoms with E-state index in [4.69, 9.17) is 9.47 Å². The van der Waals surface area contributed by atoms with E-state index in [-0.39, 0.29) is 23.0 Å². The van der Waals surface area contributed by atoms with Crippen molar-refractivity contribution in [2.45, 2.75) is 0 Å². The molecule has 7 nitrogen and oxygen atoms in total. The van der Waals surface area contributed by atoms with Crippen LogP contribution in [-0.4, -0.2) is 28.1 Å². The molecule has 0 aliphatic heterocycles. The number of rotatable bonds is 5. The van der Waals surface area contributed by atoms with Gasteiger partial charge in [0.15, 0.2) is 22.3 Å². The zero-order chi connectivity index (χ0) is 20.4. The smallest absolute Gasteiger partial charge is 0.280 e. The summed E-state index contributed by atoms with van der Waals surface area (Å²) in [6.45, 7) is 0. The molecule has 4 rings (SSSR count). The Labute approximate surface area is 168 Å². The van der Waals surface area contributed by atoms with E-state index in [0.717, 1.165) is 4.70 Å². The van der Waals surface area contributed by atoms with Gasteiger partial charge in [-0.1, -0.05) is 17.4 Å². The van der Waals surface area contributed by atoms with Gasteiger partial charge in [0.05, 0.1) is 17.3 Å². The van der Waals surface area contributed by atoms with Crippen LogP contribution in [0.5, 0.6) is 23.0 Å². The summed E-state index contributed by atoms with van der Waals surface area (Å²) in [5.74, 6) is -0.316. The van der Waals surface area contributed by atoms with Crippen LogP contribution in [0.2, 0.25) is 0 Å². The Hall–Kier alpha value is -3.72. The number of thiazole rings is 1. The van der Waals surface area contributed by atoms with Crippen LogP contribution in [0.25, 0.3) is 10.2 Å². The minimum absolute atomic E-state index is 0.147. The first-order valence-corrected chi connectivity index (χ1v) is 9.22. The summed E-state index contributed by atoms with van der Waals surface area (Å²) in [6.07, 6.45) is 1.36. The van der Waals surface area contributed by atoms with Crippen LogP contribution in [0.15, 0.2) is 54.7 Å². The molecule has 29 heavy (non-hydrogen) atoms. The molecule has 0 saturated carbocycles. The number of halogens is 1. The van der Waals surface area contributed by atoms with Gasteiger partial charge >= 0.3 is 0 Å². The number of fused-ring (bicyclic) bond motifs is 1. The third kappa shape index (κ3) is 3.94. The Morgan fingerprint density at radius 3 is 2.79 bits per heavy atom. The number of carbonyl (C=O) groups excluding carboxylic acids is 1. The van der Waals surface area contributed by atoms with Gasteiger partial charge in [-0.2, -0.15) is 0 Å². The number of carbonyl (C=O) groups is 1. The van der Waals surface area contributed by atoms with Crippen LogP contribution in [0.4, 0.5) is 9.52 Å². The van der Waals surface area contributed by atoms with Gasteiger partial charge < -0.3 is 14.6 Å². The van der Waals surface area contributed by atoms with Crippen LogP contribution < -0.4 is 14.8 Å². The minimum atomic E-state index is -0.614. The molecule has 2 aromatic carbocycles. The highest BCUT2D eigenvalue weighted by atomic mass is 32.1. The molecule has 0 unspecified atom stereocenters. The van der Waals surface area contributed by atoms with Crippen molar-refractivity contribution < 1.29 is 23.8 Å². The highest BCUT2D eigenvalue weighted by molar-refractivity contribution is 7.22. The molecule has 0 fully saturated rings.